The molecule has 2 heterocycles. The largest absolute Gasteiger partial charge is 0.488 e. The Hall–Kier alpha value is -3.71. The molecule has 1 atom stereocenters. The number of aliphatic imine (C=N–C) groups is 1. The normalized spacial score (nSPS) is 15.3. The highest BCUT2D eigenvalue weighted by molar-refractivity contribution is 7.16. The summed E-state index contributed by atoms with van der Waals surface area (Å²) in [5, 5.41) is 3.73. The first-order valence-corrected chi connectivity index (χ1v) is 14.0. The van der Waals surface area contributed by atoms with E-state index in [0.29, 0.717) is 41.1 Å². The zero-order valence-electron chi connectivity index (χ0n) is 22.5. The van der Waals surface area contributed by atoms with E-state index >= 15 is 0 Å². The van der Waals surface area contributed by atoms with Crippen LogP contribution in [0.25, 0.3) is 0 Å². The van der Waals surface area contributed by atoms with E-state index in [1.54, 1.807) is 35.9 Å². The molecular formula is C32H33FN2O3S. The van der Waals surface area contributed by atoms with E-state index in [-0.39, 0.29) is 17.1 Å². The van der Waals surface area contributed by atoms with E-state index in [9.17, 15) is 9.18 Å². The van der Waals surface area contributed by atoms with Gasteiger partial charge in [0.25, 0.3) is 5.91 Å². The molecule has 0 spiro atoms. The van der Waals surface area contributed by atoms with E-state index in [4.69, 9.17) is 14.1 Å². The van der Waals surface area contributed by atoms with Gasteiger partial charge in [-0.1, -0.05) is 45.0 Å². The van der Waals surface area contributed by atoms with Crippen molar-refractivity contribution in [3.05, 3.63) is 106 Å². The summed E-state index contributed by atoms with van der Waals surface area (Å²) >= 11 is 1.61. The number of hydrogen-bond acceptors (Lipinski definition) is 5. The summed E-state index contributed by atoms with van der Waals surface area (Å²) in [4.78, 5) is 19.6. The molecule has 1 aliphatic carbocycles. The predicted molar refractivity (Wildman–Crippen MR) is 154 cm³/mol. The third kappa shape index (κ3) is 6.48. The van der Waals surface area contributed by atoms with Crippen molar-refractivity contribution in [3.8, 4) is 5.75 Å². The fourth-order valence-electron chi connectivity index (χ4n) is 4.89. The van der Waals surface area contributed by atoms with Gasteiger partial charge in [-0.3, -0.25) is 4.79 Å². The predicted octanol–water partition coefficient (Wildman–Crippen LogP) is 7.89. The third-order valence-corrected chi connectivity index (χ3v) is 8.41. The van der Waals surface area contributed by atoms with Crippen molar-refractivity contribution in [2.75, 3.05) is 0 Å². The molecule has 0 saturated heterocycles. The van der Waals surface area contributed by atoms with Gasteiger partial charge in [-0.05, 0) is 78.1 Å². The average molecular weight is 545 g/mol. The topological polar surface area (TPSA) is 63.8 Å². The van der Waals surface area contributed by atoms with Crippen LogP contribution in [-0.2, 0) is 26.0 Å². The minimum absolute atomic E-state index is 0.133. The number of ether oxygens (including phenoxy) is 1. The molecule has 0 aliphatic heterocycles. The fraction of sp³-hybridized carbons (Fsp3) is 0.312. The summed E-state index contributed by atoms with van der Waals surface area (Å²) < 4.78 is 24.7. The number of thiophene rings is 1. The number of amides is 1. The number of carbonyl (C=O) groups excluding carboxylic acids is 1. The zero-order valence-corrected chi connectivity index (χ0v) is 23.3. The lowest BCUT2D eigenvalue weighted by Crippen LogP contribution is -2.28. The second kappa shape index (κ2) is 11.6. The Labute approximate surface area is 232 Å². The molecule has 0 saturated carbocycles. The molecule has 0 radical (unpaired) electrons. The first kappa shape index (κ1) is 26.9. The molecule has 0 bridgehead atoms. The van der Waals surface area contributed by atoms with Gasteiger partial charge in [0, 0.05) is 16.7 Å². The summed E-state index contributed by atoms with van der Waals surface area (Å²) in [5.74, 6) is 1.52. The van der Waals surface area contributed by atoms with Gasteiger partial charge in [0.2, 0.25) is 0 Å². The molecule has 1 amide bonds. The molecule has 202 valence electrons. The maximum atomic E-state index is 13.5. The number of rotatable bonds is 8. The maximum Gasteiger partial charge on any atom is 0.255 e. The van der Waals surface area contributed by atoms with Gasteiger partial charge in [0.1, 0.15) is 28.9 Å². The molecule has 5 nitrogen and oxygen atoms in total. The van der Waals surface area contributed by atoms with Crippen LogP contribution in [0.4, 0.5) is 9.39 Å². The Bertz CT molecular complexity index is 1450. The highest BCUT2D eigenvalue weighted by Crippen LogP contribution is 2.45. The molecule has 39 heavy (non-hydrogen) atoms. The van der Waals surface area contributed by atoms with Gasteiger partial charge in [-0.15, -0.1) is 11.3 Å². The van der Waals surface area contributed by atoms with E-state index in [2.05, 4.69) is 26.1 Å². The van der Waals surface area contributed by atoms with Crippen LogP contribution in [0.5, 0.6) is 5.75 Å². The standard InChI is InChI=1S/C32H33FN2O3S/c1-32(2,3)23-12-15-26-28(17-23)39-31(29(26)30(36)34-19-25-8-6-16-37-25)35-18-22-7-4-5-9-27(22)38-20-21-10-13-24(33)14-11-21/h4-11,13-14,16,18,23H,12,15,17,19-20H2,1-3H3,(H,34,36)/t23-/m1/s1. The Morgan fingerprint density at radius 3 is 2.69 bits per heavy atom. The van der Waals surface area contributed by atoms with E-state index < -0.39 is 0 Å². The Kier molecular flexibility index (Phi) is 7.98. The molecular weight excluding hydrogens is 511 g/mol. The quantitative estimate of drug-likeness (QED) is 0.229. The van der Waals surface area contributed by atoms with Crippen LogP contribution in [0, 0.1) is 17.2 Å². The van der Waals surface area contributed by atoms with Crippen molar-refractivity contribution in [1.82, 2.24) is 5.32 Å². The van der Waals surface area contributed by atoms with Crippen molar-refractivity contribution in [2.45, 2.75) is 53.2 Å². The van der Waals surface area contributed by atoms with Crippen LogP contribution >= 0.6 is 11.3 Å². The number of benzene rings is 2. The zero-order chi connectivity index (χ0) is 27.4. The van der Waals surface area contributed by atoms with Crippen molar-refractivity contribution in [1.29, 1.82) is 0 Å². The Morgan fingerprint density at radius 2 is 1.95 bits per heavy atom. The van der Waals surface area contributed by atoms with Crippen molar-refractivity contribution < 1.29 is 18.3 Å². The number of nitrogens with zero attached hydrogens (tertiary/aromatic N) is 1. The van der Waals surface area contributed by atoms with Crippen molar-refractivity contribution >= 4 is 28.5 Å². The number of para-hydroxylation sites is 1. The van der Waals surface area contributed by atoms with Gasteiger partial charge in [0.15, 0.2) is 0 Å². The fourth-order valence-corrected chi connectivity index (χ4v) is 6.16. The molecule has 0 unspecified atom stereocenters. The molecule has 2 aromatic carbocycles. The minimum Gasteiger partial charge on any atom is -0.488 e. The molecule has 1 aliphatic rings. The maximum absolute atomic E-state index is 13.5. The summed E-state index contributed by atoms with van der Waals surface area (Å²) in [7, 11) is 0. The summed E-state index contributed by atoms with van der Waals surface area (Å²) in [6, 6.07) is 17.6. The lowest BCUT2D eigenvalue weighted by atomic mass is 9.72. The molecule has 2 aromatic heterocycles. The van der Waals surface area contributed by atoms with Gasteiger partial charge in [-0.25, -0.2) is 9.38 Å². The van der Waals surface area contributed by atoms with Crippen LogP contribution in [0.3, 0.4) is 0 Å². The molecule has 5 rings (SSSR count). The summed E-state index contributed by atoms with van der Waals surface area (Å²) in [6.07, 6.45) is 6.24. The van der Waals surface area contributed by atoms with Crippen molar-refractivity contribution in [2.24, 2.45) is 16.3 Å². The van der Waals surface area contributed by atoms with E-state index in [1.807, 2.05) is 36.4 Å². The molecule has 1 N–H and O–H groups in total. The molecule has 4 aromatic rings. The lowest BCUT2D eigenvalue weighted by molar-refractivity contribution is 0.0947. The average Bonchev–Trinajstić information content (AvgIpc) is 3.57. The monoisotopic (exact) mass is 544 g/mol. The highest BCUT2D eigenvalue weighted by Gasteiger charge is 2.33. The first-order valence-electron chi connectivity index (χ1n) is 13.2. The van der Waals surface area contributed by atoms with Crippen LogP contribution < -0.4 is 10.1 Å². The smallest absolute Gasteiger partial charge is 0.255 e. The number of nitrogens with one attached hydrogen (secondary N) is 1. The SMILES string of the molecule is CC(C)(C)[C@@H]1CCc2c(sc(N=Cc3ccccc3OCc3ccc(F)cc3)c2C(=O)NCc2ccco2)C1. The van der Waals surface area contributed by atoms with Crippen LogP contribution in [0.2, 0.25) is 0 Å². The number of halogens is 1. The lowest BCUT2D eigenvalue weighted by Gasteiger charge is -2.33. The van der Waals surface area contributed by atoms with Gasteiger partial charge in [-0.2, -0.15) is 0 Å². The van der Waals surface area contributed by atoms with Crippen molar-refractivity contribution in [3.63, 3.8) is 0 Å². The van der Waals surface area contributed by atoms with Crippen LogP contribution in [0.15, 0.2) is 76.3 Å². The number of hydrogen-bond donors (Lipinski definition) is 1. The van der Waals surface area contributed by atoms with Crippen LogP contribution in [0.1, 0.15) is 64.9 Å². The van der Waals surface area contributed by atoms with Gasteiger partial charge in [0.05, 0.1) is 18.4 Å². The van der Waals surface area contributed by atoms with Gasteiger partial charge < -0.3 is 14.5 Å². The highest BCUT2D eigenvalue weighted by atomic mass is 32.1. The summed E-state index contributed by atoms with van der Waals surface area (Å²) in [5.41, 5.74) is 3.66. The minimum atomic E-state index is -0.275. The summed E-state index contributed by atoms with van der Waals surface area (Å²) in [6.45, 7) is 7.50. The Morgan fingerprint density at radius 1 is 1.15 bits per heavy atom. The Balaban J connectivity index is 1.41. The van der Waals surface area contributed by atoms with E-state index in [1.165, 1.54) is 17.0 Å². The van der Waals surface area contributed by atoms with Gasteiger partial charge >= 0.3 is 0 Å². The van der Waals surface area contributed by atoms with E-state index in [0.717, 1.165) is 36.0 Å². The molecule has 0 fully saturated rings. The van der Waals surface area contributed by atoms with Crippen LogP contribution in [-0.4, -0.2) is 12.1 Å². The second-order valence-corrected chi connectivity index (χ2v) is 12.0. The second-order valence-electron chi connectivity index (χ2n) is 11.0. The number of carbonyl (C=O) groups is 1. The molecule has 7 heteroatoms. The number of furan rings is 1. The first-order chi connectivity index (χ1) is 18.8. The third-order valence-electron chi connectivity index (χ3n) is 7.25. The number of fused-ring (bicyclic) bond motifs is 1.